The summed E-state index contributed by atoms with van der Waals surface area (Å²) in [4.78, 5) is 26.1. The lowest BCUT2D eigenvalue weighted by molar-refractivity contribution is -0.119. The lowest BCUT2D eigenvalue weighted by atomic mass is 9.99. The summed E-state index contributed by atoms with van der Waals surface area (Å²) in [5.41, 5.74) is 4.71. The smallest absolute Gasteiger partial charge is 0.348 e. The first-order chi connectivity index (χ1) is 12.2. The molecule has 2 aliphatic carbocycles. The molecule has 0 bridgehead atoms. The largest absolute Gasteiger partial charge is 0.451 e. The van der Waals surface area contributed by atoms with Gasteiger partial charge in [-0.3, -0.25) is 4.79 Å². The van der Waals surface area contributed by atoms with Crippen LogP contribution in [0.15, 0.2) is 24.3 Å². The normalized spacial score (nSPS) is 15.4. The van der Waals surface area contributed by atoms with Gasteiger partial charge in [0.15, 0.2) is 6.61 Å². The Labute approximate surface area is 151 Å². The fourth-order valence-corrected chi connectivity index (χ4v) is 4.79. The number of carbonyl (C=O) groups excluding carboxylic acids is 2. The summed E-state index contributed by atoms with van der Waals surface area (Å²) >= 11 is 1.51. The van der Waals surface area contributed by atoms with Crippen molar-refractivity contribution in [2.75, 3.05) is 11.9 Å². The lowest BCUT2D eigenvalue weighted by Crippen LogP contribution is -2.20. The number of esters is 1. The average Bonchev–Trinajstić information content (AvgIpc) is 3.25. The number of anilines is 1. The molecule has 130 valence electrons. The topological polar surface area (TPSA) is 55.4 Å². The molecule has 0 atom stereocenters. The van der Waals surface area contributed by atoms with Gasteiger partial charge in [0.05, 0.1) is 0 Å². The van der Waals surface area contributed by atoms with Crippen molar-refractivity contribution < 1.29 is 14.3 Å². The molecule has 0 spiro atoms. The highest BCUT2D eigenvalue weighted by Crippen LogP contribution is 2.30. The van der Waals surface area contributed by atoms with E-state index in [2.05, 4.69) is 11.4 Å². The van der Waals surface area contributed by atoms with Crippen molar-refractivity contribution in [3.63, 3.8) is 0 Å². The van der Waals surface area contributed by atoms with Crippen molar-refractivity contribution in [2.45, 2.75) is 44.9 Å². The second kappa shape index (κ2) is 7.00. The monoisotopic (exact) mass is 355 g/mol. The number of amides is 1. The fourth-order valence-electron chi connectivity index (χ4n) is 3.64. The second-order valence-corrected chi connectivity index (χ2v) is 7.86. The first-order valence-electron chi connectivity index (χ1n) is 8.89. The zero-order chi connectivity index (χ0) is 17.2. The summed E-state index contributed by atoms with van der Waals surface area (Å²) in [6, 6.07) is 7.94. The number of thiophene rings is 1. The molecule has 0 aliphatic heterocycles. The number of benzene rings is 1. The van der Waals surface area contributed by atoms with Crippen LogP contribution in [0, 0.1) is 0 Å². The van der Waals surface area contributed by atoms with Gasteiger partial charge in [-0.25, -0.2) is 4.79 Å². The zero-order valence-electron chi connectivity index (χ0n) is 14.1. The van der Waals surface area contributed by atoms with Crippen LogP contribution in [0.25, 0.3) is 0 Å². The van der Waals surface area contributed by atoms with Crippen LogP contribution in [-0.2, 0) is 35.2 Å². The predicted octanol–water partition coefficient (Wildman–Crippen LogP) is 3.91. The zero-order valence-corrected chi connectivity index (χ0v) is 14.9. The van der Waals surface area contributed by atoms with Crippen LogP contribution < -0.4 is 5.32 Å². The van der Waals surface area contributed by atoms with Gasteiger partial charge in [0.1, 0.15) is 4.88 Å². The third-order valence-electron chi connectivity index (χ3n) is 4.91. The molecule has 5 heteroatoms. The molecule has 1 amide bonds. The van der Waals surface area contributed by atoms with Crippen LogP contribution in [0.4, 0.5) is 5.69 Å². The Morgan fingerprint density at radius 1 is 0.960 bits per heavy atom. The summed E-state index contributed by atoms with van der Waals surface area (Å²) in [5.74, 6) is -0.698. The minimum Gasteiger partial charge on any atom is -0.451 e. The van der Waals surface area contributed by atoms with E-state index >= 15 is 0 Å². The van der Waals surface area contributed by atoms with Crippen LogP contribution in [0.5, 0.6) is 0 Å². The maximum Gasteiger partial charge on any atom is 0.348 e. The Balaban J connectivity index is 1.32. The van der Waals surface area contributed by atoms with E-state index in [1.165, 1.54) is 52.2 Å². The van der Waals surface area contributed by atoms with Crippen molar-refractivity contribution in [2.24, 2.45) is 0 Å². The highest BCUT2D eigenvalue weighted by molar-refractivity contribution is 7.14. The van der Waals surface area contributed by atoms with Crippen LogP contribution in [0.1, 0.15) is 50.5 Å². The van der Waals surface area contributed by atoms with Gasteiger partial charge < -0.3 is 10.1 Å². The van der Waals surface area contributed by atoms with E-state index in [1.54, 1.807) is 0 Å². The van der Waals surface area contributed by atoms with Gasteiger partial charge in [0.25, 0.3) is 5.91 Å². The minimum atomic E-state index is -0.400. The molecule has 4 rings (SSSR count). The quantitative estimate of drug-likeness (QED) is 0.846. The number of rotatable bonds is 4. The first-order valence-corrected chi connectivity index (χ1v) is 9.71. The Kier molecular flexibility index (Phi) is 4.57. The summed E-state index contributed by atoms with van der Waals surface area (Å²) in [6.45, 7) is -0.252. The summed E-state index contributed by atoms with van der Waals surface area (Å²) in [6.07, 6.45) is 7.81. The first kappa shape index (κ1) is 16.3. The number of fused-ring (bicyclic) bond motifs is 2. The Morgan fingerprint density at radius 3 is 2.64 bits per heavy atom. The molecule has 0 unspecified atom stereocenters. The van der Waals surface area contributed by atoms with E-state index in [9.17, 15) is 9.59 Å². The molecule has 1 N–H and O–H groups in total. The van der Waals surface area contributed by atoms with Crippen LogP contribution in [-0.4, -0.2) is 18.5 Å². The van der Waals surface area contributed by atoms with Gasteiger partial charge in [0, 0.05) is 10.6 Å². The van der Waals surface area contributed by atoms with Crippen LogP contribution in [0.2, 0.25) is 0 Å². The second-order valence-electron chi connectivity index (χ2n) is 6.73. The molecular formula is C20H21NO3S. The van der Waals surface area contributed by atoms with Crippen molar-refractivity contribution in [1.82, 2.24) is 0 Å². The van der Waals surface area contributed by atoms with E-state index in [0.29, 0.717) is 4.88 Å². The van der Waals surface area contributed by atoms with Crippen LogP contribution in [0.3, 0.4) is 0 Å². The maximum atomic E-state index is 12.2. The third kappa shape index (κ3) is 3.61. The van der Waals surface area contributed by atoms with Crippen molar-refractivity contribution in [3.05, 3.63) is 50.7 Å². The molecule has 4 nitrogen and oxygen atoms in total. The highest BCUT2D eigenvalue weighted by Gasteiger charge is 2.19. The van der Waals surface area contributed by atoms with E-state index in [-0.39, 0.29) is 12.5 Å². The van der Waals surface area contributed by atoms with Crippen molar-refractivity contribution >= 4 is 28.9 Å². The number of nitrogens with one attached hydrogen (secondary N) is 1. The Hall–Kier alpha value is -2.14. The molecular weight excluding hydrogens is 334 g/mol. The summed E-state index contributed by atoms with van der Waals surface area (Å²) < 4.78 is 5.19. The molecule has 1 aromatic carbocycles. The van der Waals surface area contributed by atoms with Gasteiger partial charge in [-0.15, -0.1) is 11.3 Å². The minimum absolute atomic E-state index is 0.252. The van der Waals surface area contributed by atoms with Crippen molar-refractivity contribution in [3.8, 4) is 0 Å². The summed E-state index contributed by atoms with van der Waals surface area (Å²) in [7, 11) is 0. The number of carbonyl (C=O) groups is 2. The maximum absolute atomic E-state index is 12.2. The van der Waals surface area contributed by atoms with E-state index in [0.717, 1.165) is 31.4 Å². The molecule has 0 fully saturated rings. The number of hydrogen-bond acceptors (Lipinski definition) is 4. The molecule has 2 aliphatic rings. The van der Waals surface area contributed by atoms with E-state index in [4.69, 9.17) is 4.74 Å². The predicted molar refractivity (Wildman–Crippen MR) is 98.3 cm³/mol. The lowest BCUT2D eigenvalue weighted by Gasteiger charge is -2.08. The number of hydrogen-bond donors (Lipinski definition) is 1. The molecule has 1 heterocycles. The average molecular weight is 355 g/mol. The Bertz CT molecular complexity index is 801. The molecule has 2 aromatic rings. The molecule has 0 radical (unpaired) electrons. The van der Waals surface area contributed by atoms with Crippen LogP contribution >= 0.6 is 11.3 Å². The van der Waals surface area contributed by atoms with Gasteiger partial charge in [-0.05, 0) is 79.8 Å². The van der Waals surface area contributed by atoms with E-state index in [1.807, 2.05) is 18.2 Å². The van der Waals surface area contributed by atoms with Gasteiger partial charge in [0.2, 0.25) is 0 Å². The molecule has 1 aromatic heterocycles. The summed E-state index contributed by atoms with van der Waals surface area (Å²) in [5, 5.41) is 2.81. The standard InChI is InChI=1S/C20H21NO3S/c22-19(21-16-9-8-13-5-3-6-14(13)10-16)12-24-20(23)18-11-15-4-1-2-7-17(15)25-18/h8-11H,1-7,12H2,(H,21,22). The van der Waals surface area contributed by atoms with Crippen molar-refractivity contribution in [1.29, 1.82) is 0 Å². The van der Waals surface area contributed by atoms with Gasteiger partial charge >= 0.3 is 5.97 Å². The SMILES string of the molecule is O=C(COC(=O)c1cc2c(s1)CCCC2)Nc1ccc2c(c1)CCC2. The number of aryl methyl sites for hydroxylation is 4. The molecule has 0 saturated carbocycles. The highest BCUT2D eigenvalue weighted by atomic mass is 32.1. The van der Waals surface area contributed by atoms with Gasteiger partial charge in [-0.1, -0.05) is 6.07 Å². The number of ether oxygens (including phenoxy) is 1. The fraction of sp³-hybridized carbons (Fsp3) is 0.400. The Morgan fingerprint density at radius 2 is 1.76 bits per heavy atom. The third-order valence-corrected chi connectivity index (χ3v) is 6.13. The van der Waals surface area contributed by atoms with E-state index < -0.39 is 5.97 Å². The molecule has 0 saturated heterocycles. The van der Waals surface area contributed by atoms with Gasteiger partial charge in [-0.2, -0.15) is 0 Å². The molecule has 25 heavy (non-hydrogen) atoms.